The van der Waals surface area contributed by atoms with Crippen molar-refractivity contribution in [2.75, 3.05) is 5.73 Å². The molecule has 1 unspecified atom stereocenters. The number of nitrogen functional groups attached to an aromatic ring is 1. The predicted molar refractivity (Wildman–Crippen MR) is 64.4 cm³/mol. The van der Waals surface area contributed by atoms with Gasteiger partial charge in [0.05, 0.1) is 0 Å². The van der Waals surface area contributed by atoms with E-state index >= 15 is 0 Å². The molecule has 90 valence electrons. The van der Waals surface area contributed by atoms with Crippen LogP contribution < -0.4 is 16.4 Å². The van der Waals surface area contributed by atoms with Gasteiger partial charge in [-0.1, -0.05) is 13.0 Å². The van der Waals surface area contributed by atoms with E-state index in [0.717, 1.165) is 17.5 Å². The van der Waals surface area contributed by atoms with Crippen molar-refractivity contribution in [2.45, 2.75) is 25.8 Å². The SMILES string of the molecule is CCc1ccc(N)cc1CC1NC(=O)NC1=O. The molecule has 1 fully saturated rings. The maximum absolute atomic E-state index is 11.4. The molecule has 1 aromatic rings. The van der Waals surface area contributed by atoms with E-state index < -0.39 is 12.1 Å². The highest BCUT2D eigenvalue weighted by Gasteiger charge is 2.29. The van der Waals surface area contributed by atoms with Crippen LogP contribution in [0.2, 0.25) is 0 Å². The summed E-state index contributed by atoms with van der Waals surface area (Å²) in [7, 11) is 0. The maximum atomic E-state index is 11.4. The summed E-state index contributed by atoms with van der Waals surface area (Å²) in [5.41, 5.74) is 8.55. The van der Waals surface area contributed by atoms with Crippen LogP contribution in [0.15, 0.2) is 18.2 Å². The molecule has 3 amide bonds. The Morgan fingerprint density at radius 3 is 2.65 bits per heavy atom. The number of rotatable bonds is 3. The first-order chi connectivity index (χ1) is 8.10. The van der Waals surface area contributed by atoms with Gasteiger partial charge in [-0.05, 0) is 29.7 Å². The highest BCUT2D eigenvalue weighted by atomic mass is 16.2. The molecular formula is C12H15N3O2. The van der Waals surface area contributed by atoms with Gasteiger partial charge in [0.1, 0.15) is 6.04 Å². The Morgan fingerprint density at radius 2 is 2.06 bits per heavy atom. The molecule has 1 aromatic carbocycles. The van der Waals surface area contributed by atoms with Crippen molar-refractivity contribution >= 4 is 17.6 Å². The van der Waals surface area contributed by atoms with Crippen molar-refractivity contribution in [3.8, 4) is 0 Å². The van der Waals surface area contributed by atoms with Gasteiger partial charge in [-0.3, -0.25) is 10.1 Å². The number of carbonyl (C=O) groups is 2. The normalized spacial score (nSPS) is 19.0. The molecule has 1 aliphatic rings. The third kappa shape index (κ3) is 2.38. The minimum Gasteiger partial charge on any atom is -0.399 e. The fraction of sp³-hybridized carbons (Fsp3) is 0.333. The first kappa shape index (κ1) is 11.4. The zero-order valence-electron chi connectivity index (χ0n) is 9.62. The second kappa shape index (κ2) is 4.45. The largest absolute Gasteiger partial charge is 0.399 e. The molecule has 0 aliphatic carbocycles. The predicted octanol–water partition coefficient (Wildman–Crippen LogP) is 0.582. The number of nitrogens with one attached hydrogen (secondary N) is 2. The molecule has 0 aromatic heterocycles. The van der Waals surface area contributed by atoms with Crippen LogP contribution in [0.3, 0.4) is 0 Å². The lowest BCUT2D eigenvalue weighted by atomic mass is 9.98. The van der Waals surface area contributed by atoms with E-state index in [9.17, 15) is 9.59 Å². The number of urea groups is 1. The average molecular weight is 233 g/mol. The van der Waals surface area contributed by atoms with Crippen LogP contribution in [-0.2, 0) is 17.6 Å². The van der Waals surface area contributed by atoms with Crippen molar-refractivity contribution in [3.63, 3.8) is 0 Å². The molecule has 0 radical (unpaired) electrons. The second-order valence-corrected chi connectivity index (χ2v) is 4.10. The highest BCUT2D eigenvalue weighted by Crippen LogP contribution is 2.17. The lowest BCUT2D eigenvalue weighted by molar-refractivity contribution is -0.120. The number of anilines is 1. The summed E-state index contributed by atoms with van der Waals surface area (Å²) in [6.45, 7) is 2.04. The van der Waals surface area contributed by atoms with Crippen molar-refractivity contribution < 1.29 is 9.59 Å². The Balaban J connectivity index is 2.20. The summed E-state index contributed by atoms with van der Waals surface area (Å²) in [5, 5.41) is 4.80. The summed E-state index contributed by atoms with van der Waals surface area (Å²) in [5.74, 6) is -0.278. The molecule has 2 rings (SSSR count). The van der Waals surface area contributed by atoms with Crippen LogP contribution in [0.25, 0.3) is 0 Å². The molecule has 17 heavy (non-hydrogen) atoms. The monoisotopic (exact) mass is 233 g/mol. The Bertz CT molecular complexity index is 471. The lowest BCUT2D eigenvalue weighted by Crippen LogP contribution is -2.31. The zero-order chi connectivity index (χ0) is 12.4. The van der Waals surface area contributed by atoms with Crippen LogP contribution in [0.1, 0.15) is 18.1 Å². The van der Waals surface area contributed by atoms with Crippen molar-refractivity contribution in [2.24, 2.45) is 0 Å². The van der Waals surface area contributed by atoms with Gasteiger partial charge < -0.3 is 11.1 Å². The Hall–Kier alpha value is -2.04. The topological polar surface area (TPSA) is 84.2 Å². The number of nitrogens with two attached hydrogens (primary N) is 1. The minimum absolute atomic E-state index is 0.278. The number of amides is 3. The molecule has 0 saturated carbocycles. The zero-order valence-corrected chi connectivity index (χ0v) is 9.62. The van der Waals surface area contributed by atoms with Gasteiger partial charge in [0.15, 0.2) is 0 Å². The van der Waals surface area contributed by atoms with Gasteiger partial charge >= 0.3 is 6.03 Å². The number of hydrogen-bond donors (Lipinski definition) is 3. The van der Waals surface area contributed by atoms with Gasteiger partial charge in [0.2, 0.25) is 0 Å². The summed E-state index contributed by atoms with van der Waals surface area (Å²) in [6.07, 6.45) is 1.35. The number of benzene rings is 1. The van der Waals surface area contributed by atoms with E-state index in [-0.39, 0.29) is 5.91 Å². The molecule has 1 saturated heterocycles. The van der Waals surface area contributed by atoms with Gasteiger partial charge in [-0.15, -0.1) is 0 Å². The van der Waals surface area contributed by atoms with E-state index in [2.05, 4.69) is 10.6 Å². The van der Waals surface area contributed by atoms with E-state index in [1.54, 1.807) is 0 Å². The third-order valence-corrected chi connectivity index (χ3v) is 2.89. The van der Waals surface area contributed by atoms with Gasteiger partial charge in [-0.2, -0.15) is 0 Å². The molecule has 1 heterocycles. The third-order valence-electron chi connectivity index (χ3n) is 2.89. The van der Waals surface area contributed by atoms with Crippen molar-refractivity contribution in [1.29, 1.82) is 0 Å². The van der Waals surface area contributed by atoms with Crippen molar-refractivity contribution in [3.05, 3.63) is 29.3 Å². The number of hydrogen-bond acceptors (Lipinski definition) is 3. The fourth-order valence-electron chi connectivity index (χ4n) is 2.00. The Morgan fingerprint density at radius 1 is 1.29 bits per heavy atom. The van der Waals surface area contributed by atoms with Crippen LogP contribution in [0.4, 0.5) is 10.5 Å². The number of carbonyl (C=O) groups excluding carboxylic acids is 2. The molecule has 1 atom stereocenters. The van der Waals surface area contributed by atoms with Gasteiger partial charge in [0.25, 0.3) is 5.91 Å². The Kier molecular flexibility index (Phi) is 2.99. The first-order valence-corrected chi connectivity index (χ1v) is 5.58. The molecule has 0 spiro atoms. The van der Waals surface area contributed by atoms with E-state index in [1.807, 2.05) is 25.1 Å². The summed E-state index contributed by atoms with van der Waals surface area (Å²) >= 11 is 0. The standard InChI is InChI=1S/C12H15N3O2/c1-2-7-3-4-9(13)5-8(7)6-10-11(16)15-12(17)14-10/h3-5,10H,2,6,13H2,1H3,(H2,14,15,16,17). The van der Waals surface area contributed by atoms with Crippen molar-refractivity contribution in [1.82, 2.24) is 10.6 Å². The first-order valence-electron chi connectivity index (χ1n) is 5.58. The van der Waals surface area contributed by atoms with E-state index in [4.69, 9.17) is 5.73 Å². The quantitative estimate of drug-likeness (QED) is 0.527. The average Bonchev–Trinajstić information content (AvgIpc) is 2.58. The van der Waals surface area contributed by atoms with E-state index in [0.29, 0.717) is 12.1 Å². The van der Waals surface area contributed by atoms with Crippen LogP contribution in [0.5, 0.6) is 0 Å². The summed E-state index contributed by atoms with van der Waals surface area (Å²) < 4.78 is 0. The van der Waals surface area contributed by atoms with Gasteiger partial charge in [-0.25, -0.2) is 4.79 Å². The maximum Gasteiger partial charge on any atom is 0.322 e. The van der Waals surface area contributed by atoms with Gasteiger partial charge in [0, 0.05) is 12.1 Å². The van der Waals surface area contributed by atoms with Crippen LogP contribution >= 0.6 is 0 Å². The molecule has 5 heteroatoms. The molecule has 4 N–H and O–H groups in total. The highest BCUT2D eigenvalue weighted by molar-refractivity contribution is 6.04. The lowest BCUT2D eigenvalue weighted by Gasteiger charge is -2.12. The van der Waals surface area contributed by atoms with Crippen LogP contribution in [-0.4, -0.2) is 18.0 Å². The number of imide groups is 1. The molecule has 0 bridgehead atoms. The fourth-order valence-corrected chi connectivity index (χ4v) is 2.00. The minimum atomic E-state index is -0.491. The van der Waals surface area contributed by atoms with Crippen LogP contribution in [0, 0.1) is 0 Å². The molecule has 5 nitrogen and oxygen atoms in total. The van der Waals surface area contributed by atoms with E-state index in [1.165, 1.54) is 0 Å². The molecule has 1 aliphatic heterocycles. The summed E-state index contributed by atoms with van der Waals surface area (Å²) in [6, 6.07) is 4.74. The Labute approximate surface area is 99.4 Å². The molecular weight excluding hydrogens is 218 g/mol. The smallest absolute Gasteiger partial charge is 0.322 e. The summed E-state index contributed by atoms with van der Waals surface area (Å²) in [4.78, 5) is 22.5. The second-order valence-electron chi connectivity index (χ2n) is 4.10. The number of aryl methyl sites for hydroxylation is 1.